The van der Waals surface area contributed by atoms with E-state index in [1.54, 1.807) is 18.2 Å². The lowest BCUT2D eigenvalue weighted by Gasteiger charge is -2.13. The van der Waals surface area contributed by atoms with Crippen LogP contribution in [0.1, 0.15) is 23.2 Å². The maximum absolute atomic E-state index is 12.5. The lowest BCUT2D eigenvalue weighted by atomic mass is 10.0. The third-order valence-electron chi connectivity index (χ3n) is 3.97. The van der Waals surface area contributed by atoms with Crippen molar-refractivity contribution in [1.82, 2.24) is 0 Å². The van der Waals surface area contributed by atoms with Crippen LogP contribution in [0.25, 0.3) is 10.4 Å². The van der Waals surface area contributed by atoms with Gasteiger partial charge in [0.2, 0.25) is 11.8 Å². The van der Waals surface area contributed by atoms with Gasteiger partial charge in [0, 0.05) is 30.0 Å². The molecule has 0 aromatic heterocycles. The Morgan fingerprint density at radius 1 is 0.879 bits per heavy atom. The van der Waals surface area contributed by atoms with E-state index >= 15 is 0 Å². The molecular weight excluding hydrogens is 660 g/mol. The molecule has 2 N–H and O–H groups in total. The van der Waals surface area contributed by atoms with Gasteiger partial charge in [0.1, 0.15) is 0 Å². The van der Waals surface area contributed by atoms with Crippen LogP contribution in [0.2, 0.25) is 0 Å². The smallest absolute Gasteiger partial charge is 0.234 e. The Bertz CT molecular complexity index is 820. The average Bonchev–Trinajstić information content (AvgIpc) is 2.82. The van der Waals surface area contributed by atoms with E-state index < -0.39 is 0 Å². The summed E-state index contributed by atoms with van der Waals surface area (Å²) in [4.78, 5) is 38.7. The Kier molecular flexibility index (Phi) is 16.9. The van der Waals surface area contributed by atoms with E-state index in [1.165, 1.54) is 0 Å². The van der Waals surface area contributed by atoms with Gasteiger partial charge in [0.15, 0.2) is 5.78 Å². The van der Waals surface area contributed by atoms with E-state index in [0.717, 1.165) is 0 Å². The third-order valence-corrected chi connectivity index (χ3v) is 5.35. The third kappa shape index (κ3) is 13.7. The van der Waals surface area contributed by atoms with E-state index in [0.29, 0.717) is 76.0 Å². The molecule has 0 aliphatic carbocycles. The fourth-order valence-corrected chi connectivity index (χ4v) is 2.85. The predicted octanol–water partition coefficient (Wildman–Crippen LogP) is 3.76. The quantitative estimate of drug-likeness (QED) is 0.0457. The summed E-state index contributed by atoms with van der Waals surface area (Å²) in [6, 6.07) is 4.83. The second kappa shape index (κ2) is 18.9. The lowest BCUT2D eigenvalue weighted by molar-refractivity contribution is -0.114. The minimum Gasteiger partial charge on any atom is -0.379 e. The number of carbonyl (C=O) groups excluding carboxylic acids is 3. The molecule has 1 aromatic carbocycles. The molecule has 0 saturated carbocycles. The summed E-state index contributed by atoms with van der Waals surface area (Å²) in [7, 11) is 0. The normalized spacial score (nSPS) is 10.4. The first-order chi connectivity index (χ1) is 16.0. The van der Waals surface area contributed by atoms with Gasteiger partial charge in [-0.1, -0.05) is 50.3 Å². The van der Waals surface area contributed by atoms with Gasteiger partial charge >= 0.3 is 0 Å². The van der Waals surface area contributed by atoms with Crippen LogP contribution in [-0.2, 0) is 23.8 Å². The molecule has 0 saturated heterocycles. The molecule has 0 fully saturated rings. The first-order valence-electron chi connectivity index (χ1n) is 10.1. The molecule has 182 valence electrons. The van der Waals surface area contributed by atoms with Crippen molar-refractivity contribution in [3.8, 4) is 0 Å². The van der Waals surface area contributed by atoms with Gasteiger partial charge in [0.25, 0.3) is 0 Å². The highest BCUT2D eigenvalue weighted by molar-refractivity contribution is 14.1. The summed E-state index contributed by atoms with van der Waals surface area (Å²) in [5.74, 6) is -0.497. The van der Waals surface area contributed by atoms with Gasteiger partial charge in [-0.15, -0.1) is 0 Å². The SMILES string of the molecule is [N-]=[N+]=NCCOCCOCCOCCCC(=O)c1ccc(NC(=O)CI)c(NC(=O)CI)c1. The summed E-state index contributed by atoms with van der Waals surface area (Å²) in [6.45, 7) is 2.73. The van der Waals surface area contributed by atoms with Gasteiger partial charge in [0.05, 0.1) is 53.3 Å². The Hall–Kier alpha value is -1.52. The van der Waals surface area contributed by atoms with Crippen LogP contribution in [0.4, 0.5) is 11.4 Å². The molecule has 0 unspecified atom stereocenters. The Balaban J connectivity index is 2.33. The van der Waals surface area contributed by atoms with Crippen molar-refractivity contribution in [2.24, 2.45) is 5.11 Å². The Morgan fingerprint density at radius 2 is 1.45 bits per heavy atom. The number of azide groups is 1. The fourth-order valence-electron chi connectivity index (χ4n) is 2.47. The van der Waals surface area contributed by atoms with Gasteiger partial charge in [-0.2, -0.15) is 0 Å². The number of hydrogen-bond donors (Lipinski definition) is 2. The molecule has 11 nitrogen and oxygen atoms in total. The van der Waals surface area contributed by atoms with Gasteiger partial charge in [-0.05, 0) is 30.2 Å². The van der Waals surface area contributed by atoms with Gasteiger partial charge in [-0.3, -0.25) is 14.4 Å². The Labute approximate surface area is 219 Å². The predicted molar refractivity (Wildman–Crippen MR) is 142 cm³/mol. The lowest BCUT2D eigenvalue weighted by Crippen LogP contribution is -2.18. The van der Waals surface area contributed by atoms with Crippen LogP contribution in [0.5, 0.6) is 0 Å². The van der Waals surface area contributed by atoms with E-state index in [-0.39, 0.29) is 26.5 Å². The van der Waals surface area contributed by atoms with Gasteiger partial charge in [-0.25, -0.2) is 0 Å². The highest BCUT2D eigenvalue weighted by Crippen LogP contribution is 2.25. The Morgan fingerprint density at radius 3 is 2.06 bits per heavy atom. The van der Waals surface area contributed by atoms with Crippen molar-refractivity contribution < 1.29 is 28.6 Å². The first-order valence-corrected chi connectivity index (χ1v) is 13.2. The largest absolute Gasteiger partial charge is 0.379 e. The number of anilines is 2. The molecule has 0 radical (unpaired) electrons. The number of rotatable bonds is 18. The number of halogens is 2. The second-order valence-corrected chi connectivity index (χ2v) is 7.97. The minimum absolute atomic E-state index is 0.0792. The average molecular weight is 687 g/mol. The van der Waals surface area contributed by atoms with E-state index in [4.69, 9.17) is 19.7 Å². The van der Waals surface area contributed by atoms with Crippen LogP contribution in [-0.4, -0.2) is 72.6 Å². The number of benzene rings is 1. The molecule has 0 aliphatic rings. The van der Waals surface area contributed by atoms with Crippen LogP contribution in [0.15, 0.2) is 23.3 Å². The number of Topliss-reactive ketones (excluding diaryl/α,β-unsaturated/α-hetero) is 1. The zero-order valence-electron chi connectivity index (χ0n) is 18.1. The van der Waals surface area contributed by atoms with E-state index in [1.807, 2.05) is 45.2 Å². The topological polar surface area (TPSA) is 152 Å². The maximum atomic E-state index is 12.5. The zero-order valence-corrected chi connectivity index (χ0v) is 22.4. The van der Waals surface area contributed by atoms with Crippen molar-refractivity contribution in [2.75, 3.05) is 65.7 Å². The molecule has 0 heterocycles. The fraction of sp³-hybridized carbons (Fsp3) is 0.550. The summed E-state index contributed by atoms with van der Waals surface area (Å²) < 4.78 is 16.5. The van der Waals surface area contributed by atoms with Gasteiger partial charge < -0.3 is 24.8 Å². The van der Waals surface area contributed by atoms with Crippen molar-refractivity contribution in [3.63, 3.8) is 0 Å². The number of ether oxygens (including phenoxy) is 3. The molecule has 1 aromatic rings. The first kappa shape index (κ1) is 29.5. The molecule has 2 amide bonds. The van der Waals surface area contributed by atoms with Crippen LogP contribution in [0, 0.1) is 0 Å². The second-order valence-electron chi connectivity index (χ2n) is 6.44. The number of amides is 2. The highest BCUT2D eigenvalue weighted by atomic mass is 127. The van der Waals surface area contributed by atoms with Crippen molar-refractivity contribution in [1.29, 1.82) is 0 Å². The number of hydrogen-bond acceptors (Lipinski definition) is 7. The summed E-state index contributed by atoms with van der Waals surface area (Å²) in [5, 5.41) is 8.79. The molecular formula is C20H27I2N5O6. The minimum atomic E-state index is -0.222. The van der Waals surface area contributed by atoms with Crippen molar-refractivity contribution in [2.45, 2.75) is 12.8 Å². The molecule has 1 rings (SSSR count). The number of ketones is 1. The molecule has 33 heavy (non-hydrogen) atoms. The maximum Gasteiger partial charge on any atom is 0.234 e. The molecule has 13 heteroatoms. The molecule has 0 spiro atoms. The van der Waals surface area contributed by atoms with Crippen LogP contribution < -0.4 is 10.6 Å². The zero-order chi connectivity index (χ0) is 24.3. The van der Waals surface area contributed by atoms with Crippen LogP contribution in [0.3, 0.4) is 0 Å². The monoisotopic (exact) mass is 687 g/mol. The highest BCUT2D eigenvalue weighted by Gasteiger charge is 2.13. The number of carbonyl (C=O) groups is 3. The summed E-state index contributed by atoms with van der Waals surface area (Å²) >= 11 is 3.89. The number of nitrogens with one attached hydrogen (secondary N) is 2. The molecule has 0 atom stereocenters. The van der Waals surface area contributed by atoms with Crippen molar-refractivity contribution in [3.05, 3.63) is 34.2 Å². The number of alkyl halides is 2. The molecule has 0 bridgehead atoms. The molecule has 0 aliphatic heterocycles. The number of nitrogens with zero attached hydrogens (tertiary/aromatic N) is 3. The summed E-state index contributed by atoms with van der Waals surface area (Å²) in [6.07, 6.45) is 0.836. The van der Waals surface area contributed by atoms with Crippen molar-refractivity contribution >= 4 is 74.2 Å². The van der Waals surface area contributed by atoms with E-state index in [2.05, 4.69) is 20.7 Å². The standard InChI is InChI=1S/C20H27I2N5O6/c21-13-19(29)25-16-4-3-15(12-17(16)26-20(30)14-22)18(28)2-1-6-31-8-10-33-11-9-32-7-5-24-27-23/h3-4,12H,1-2,5-11,13-14H2,(H,25,29)(H,26,30). The summed E-state index contributed by atoms with van der Waals surface area (Å²) in [5.41, 5.74) is 9.43. The van der Waals surface area contributed by atoms with Crippen LogP contribution >= 0.6 is 45.2 Å². The van der Waals surface area contributed by atoms with E-state index in [9.17, 15) is 14.4 Å².